The van der Waals surface area contributed by atoms with Crippen molar-refractivity contribution in [1.29, 1.82) is 0 Å². The fourth-order valence-corrected chi connectivity index (χ4v) is 3.80. The molecule has 0 bridgehead atoms. The van der Waals surface area contributed by atoms with E-state index in [-0.39, 0.29) is 24.8 Å². The van der Waals surface area contributed by atoms with Crippen molar-refractivity contribution < 1.29 is 14.3 Å². The lowest BCUT2D eigenvalue weighted by molar-refractivity contribution is -0.123. The third-order valence-electron chi connectivity index (χ3n) is 5.26. The molecule has 3 aliphatic heterocycles. The molecule has 0 spiro atoms. The summed E-state index contributed by atoms with van der Waals surface area (Å²) >= 11 is 0. The number of benzene rings is 1. The minimum Gasteiger partial charge on any atom is -0.454 e. The Morgan fingerprint density at radius 3 is 3.00 bits per heavy atom. The lowest BCUT2D eigenvalue weighted by Gasteiger charge is -2.38. The molecule has 0 radical (unpaired) electrons. The first-order chi connectivity index (χ1) is 11.1. The van der Waals surface area contributed by atoms with E-state index in [9.17, 15) is 4.79 Å². The zero-order valence-corrected chi connectivity index (χ0v) is 13.1. The van der Waals surface area contributed by atoms with Gasteiger partial charge in [0.25, 0.3) is 0 Å². The van der Waals surface area contributed by atoms with Gasteiger partial charge in [-0.3, -0.25) is 15.1 Å². The fraction of sp³-hybridized carbons (Fsp3) is 0.562. The molecule has 1 aromatic rings. The van der Waals surface area contributed by atoms with Crippen LogP contribution in [0.3, 0.4) is 0 Å². The highest BCUT2D eigenvalue weighted by molar-refractivity contribution is 5.79. The summed E-state index contributed by atoms with van der Waals surface area (Å²) in [6, 6.07) is 6.43. The second kappa shape index (κ2) is 5.67. The molecule has 3 heterocycles. The Balaban J connectivity index is 1.55. The summed E-state index contributed by atoms with van der Waals surface area (Å²) in [5.74, 6) is 1.71. The van der Waals surface area contributed by atoms with Crippen molar-refractivity contribution >= 4 is 5.91 Å². The van der Waals surface area contributed by atoms with Crippen LogP contribution in [0, 0.1) is 5.92 Å². The normalized spacial score (nSPS) is 30.9. The van der Waals surface area contributed by atoms with Gasteiger partial charge in [0.05, 0.1) is 12.1 Å². The van der Waals surface area contributed by atoms with Gasteiger partial charge in [0, 0.05) is 25.0 Å². The molecule has 2 fully saturated rings. The van der Waals surface area contributed by atoms with Gasteiger partial charge < -0.3 is 15.2 Å². The van der Waals surface area contributed by atoms with Crippen LogP contribution in [0.2, 0.25) is 0 Å². The van der Waals surface area contributed by atoms with Gasteiger partial charge in [0.1, 0.15) is 0 Å². The lowest BCUT2D eigenvalue weighted by Crippen LogP contribution is -2.52. The van der Waals surface area contributed by atoms with Gasteiger partial charge >= 0.3 is 0 Å². The van der Waals surface area contributed by atoms with E-state index >= 15 is 0 Å². The number of piperidine rings is 1. The van der Waals surface area contributed by atoms with Gasteiger partial charge in [0.15, 0.2) is 11.5 Å². The van der Waals surface area contributed by atoms with Gasteiger partial charge in [-0.2, -0.15) is 0 Å². The van der Waals surface area contributed by atoms with Crippen LogP contribution in [0.25, 0.3) is 0 Å². The van der Waals surface area contributed by atoms with Crippen LogP contribution in [0.4, 0.5) is 0 Å². The highest BCUT2D eigenvalue weighted by Crippen LogP contribution is 2.39. The number of nitrogens with one attached hydrogen (secondary N) is 2. The fourth-order valence-electron chi connectivity index (χ4n) is 3.80. The van der Waals surface area contributed by atoms with Crippen LogP contribution in [-0.4, -0.2) is 42.8 Å². The van der Waals surface area contributed by atoms with E-state index in [1.807, 2.05) is 19.1 Å². The van der Waals surface area contributed by atoms with Crippen molar-refractivity contribution in [2.45, 2.75) is 31.5 Å². The Hall–Kier alpha value is -1.83. The van der Waals surface area contributed by atoms with E-state index in [4.69, 9.17) is 15.2 Å². The molecule has 4 rings (SSSR count). The maximum Gasteiger partial charge on any atom is 0.234 e. The molecule has 7 nitrogen and oxygen atoms in total. The molecule has 0 aromatic heterocycles. The number of carbonyl (C=O) groups excluding carboxylic acids is 1. The number of hydrogen-bond acceptors (Lipinski definition) is 6. The van der Waals surface area contributed by atoms with Crippen molar-refractivity contribution in [3.63, 3.8) is 0 Å². The van der Waals surface area contributed by atoms with Crippen molar-refractivity contribution in [1.82, 2.24) is 15.8 Å². The number of carbonyl (C=O) groups is 1. The second-order valence-corrected chi connectivity index (χ2v) is 6.51. The minimum atomic E-state index is -0.262. The average molecular weight is 318 g/mol. The summed E-state index contributed by atoms with van der Waals surface area (Å²) in [5.41, 5.74) is 13.4. The van der Waals surface area contributed by atoms with Gasteiger partial charge in [-0.25, -0.2) is 5.43 Å². The van der Waals surface area contributed by atoms with Crippen molar-refractivity contribution in [3.05, 3.63) is 23.8 Å². The molecule has 1 aromatic carbocycles. The number of hydrogen-bond donors (Lipinski definition) is 3. The first-order valence-electron chi connectivity index (χ1n) is 8.07. The number of amides is 1. The van der Waals surface area contributed by atoms with Gasteiger partial charge in [0.2, 0.25) is 12.7 Å². The topological polar surface area (TPSA) is 88.9 Å². The average Bonchev–Trinajstić information content (AvgIpc) is 3.18. The Labute approximate surface area is 135 Å². The highest BCUT2D eigenvalue weighted by atomic mass is 16.7. The van der Waals surface area contributed by atoms with Crippen LogP contribution in [0.1, 0.15) is 24.9 Å². The maximum absolute atomic E-state index is 11.5. The number of nitrogens with zero attached hydrogens (tertiary/aromatic N) is 1. The van der Waals surface area contributed by atoms with Crippen molar-refractivity contribution in [3.8, 4) is 11.5 Å². The molecular formula is C16H22N4O3. The van der Waals surface area contributed by atoms with Gasteiger partial charge in [-0.15, -0.1) is 0 Å². The number of likely N-dealkylation sites (tertiary alicyclic amines) is 1. The van der Waals surface area contributed by atoms with E-state index in [0.29, 0.717) is 12.0 Å². The molecule has 23 heavy (non-hydrogen) atoms. The molecule has 4 N–H and O–H groups in total. The van der Waals surface area contributed by atoms with Crippen LogP contribution < -0.4 is 26.1 Å². The molecule has 7 heteroatoms. The van der Waals surface area contributed by atoms with Crippen LogP contribution in [0.5, 0.6) is 11.5 Å². The highest BCUT2D eigenvalue weighted by Gasteiger charge is 2.42. The van der Waals surface area contributed by atoms with Crippen molar-refractivity contribution in [2.24, 2.45) is 11.7 Å². The number of primary amides is 1. The smallest absolute Gasteiger partial charge is 0.234 e. The number of rotatable bonds is 3. The molecule has 1 amide bonds. The molecule has 4 atom stereocenters. The van der Waals surface area contributed by atoms with E-state index in [0.717, 1.165) is 31.0 Å². The summed E-state index contributed by atoms with van der Waals surface area (Å²) in [6.07, 6.45) is 0.996. The van der Waals surface area contributed by atoms with Gasteiger partial charge in [-0.05, 0) is 31.0 Å². The Morgan fingerprint density at radius 2 is 2.17 bits per heavy atom. The van der Waals surface area contributed by atoms with Crippen LogP contribution >= 0.6 is 0 Å². The first kappa shape index (κ1) is 14.7. The lowest BCUT2D eigenvalue weighted by atomic mass is 9.84. The van der Waals surface area contributed by atoms with E-state index < -0.39 is 0 Å². The summed E-state index contributed by atoms with van der Waals surface area (Å²) in [7, 11) is 0. The SMILES string of the molecule is CC(C(N)=O)N1CCC2NNC(c3ccc4c(c3)OCO4)C2C1. The zero-order valence-electron chi connectivity index (χ0n) is 13.1. The zero-order chi connectivity index (χ0) is 16.0. The number of ether oxygens (including phenoxy) is 2. The monoisotopic (exact) mass is 318 g/mol. The maximum atomic E-state index is 11.5. The van der Waals surface area contributed by atoms with Crippen molar-refractivity contribution in [2.75, 3.05) is 19.9 Å². The minimum absolute atomic E-state index is 0.178. The number of nitrogens with two attached hydrogens (primary N) is 1. The predicted molar refractivity (Wildman–Crippen MR) is 83.7 cm³/mol. The third-order valence-corrected chi connectivity index (χ3v) is 5.26. The molecule has 3 aliphatic rings. The number of fused-ring (bicyclic) bond motifs is 2. The van der Waals surface area contributed by atoms with E-state index in [1.165, 1.54) is 5.56 Å². The molecule has 0 saturated carbocycles. The third kappa shape index (κ3) is 2.54. The summed E-state index contributed by atoms with van der Waals surface area (Å²) in [5, 5.41) is 0. The quantitative estimate of drug-likeness (QED) is 0.734. The molecule has 4 unspecified atom stereocenters. The largest absolute Gasteiger partial charge is 0.454 e. The standard InChI is InChI=1S/C16H22N4O3/c1-9(16(17)21)20-5-4-12-11(7-20)15(19-18-12)10-2-3-13-14(6-10)23-8-22-13/h2-3,6,9,11-12,15,18-19H,4-5,7-8H2,1H3,(H2,17,21). The van der Waals surface area contributed by atoms with E-state index in [1.54, 1.807) is 0 Å². The Bertz CT molecular complexity index is 623. The van der Waals surface area contributed by atoms with Crippen LogP contribution in [0.15, 0.2) is 18.2 Å². The van der Waals surface area contributed by atoms with Crippen LogP contribution in [-0.2, 0) is 4.79 Å². The predicted octanol–water partition coefficient (Wildman–Crippen LogP) is 0.129. The summed E-state index contributed by atoms with van der Waals surface area (Å²) in [4.78, 5) is 13.7. The molecule has 0 aliphatic carbocycles. The second-order valence-electron chi connectivity index (χ2n) is 6.51. The summed E-state index contributed by atoms with van der Waals surface area (Å²) in [6.45, 7) is 3.89. The molecular weight excluding hydrogens is 296 g/mol. The summed E-state index contributed by atoms with van der Waals surface area (Å²) < 4.78 is 10.9. The first-order valence-corrected chi connectivity index (χ1v) is 8.07. The molecule has 124 valence electrons. The Morgan fingerprint density at radius 1 is 1.35 bits per heavy atom. The number of hydrazine groups is 1. The Kier molecular flexibility index (Phi) is 3.63. The van der Waals surface area contributed by atoms with E-state index in [2.05, 4.69) is 21.8 Å². The van der Waals surface area contributed by atoms with Gasteiger partial charge in [-0.1, -0.05) is 6.07 Å². The molecule has 2 saturated heterocycles.